The van der Waals surface area contributed by atoms with Gasteiger partial charge in [0.25, 0.3) is 0 Å². The van der Waals surface area contributed by atoms with E-state index >= 15 is 0 Å². The Morgan fingerprint density at radius 2 is 1.73 bits per heavy atom. The Hall–Kier alpha value is -0.690. The second-order valence-corrected chi connectivity index (χ2v) is 6.15. The molecule has 130 valence electrons. The minimum atomic E-state index is -1.000. The van der Waals surface area contributed by atoms with E-state index in [1.807, 2.05) is 11.8 Å². The average molecular weight is 316 g/mol. The van der Waals surface area contributed by atoms with Crippen molar-refractivity contribution in [1.29, 1.82) is 0 Å². The van der Waals surface area contributed by atoms with E-state index in [2.05, 4.69) is 12.2 Å². The lowest BCUT2D eigenvalue weighted by atomic mass is 10.1. The standard InChI is InChI=1S/C16H32N2O4/c1-3-5-6-7-9-18-12(10-14(20)17-8-4-2)15(21)16(22)13(18)11-19/h12-13,15-16,19,21-22H,3-11H2,1-2H3,(H,17,20)/t12-,13-,15-,16-/m1/s1. The summed E-state index contributed by atoms with van der Waals surface area (Å²) in [6, 6.07) is -0.911. The molecule has 1 heterocycles. The van der Waals surface area contributed by atoms with Crippen LogP contribution >= 0.6 is 0 Å². The Balaban J connectivity index is 2.64. The molecule has 0 saturated carbocycles. The maximum absolute atomic E-state index is 11.9. The Bertz CT molecular complexity index is 327. The monoisotopic (exact) mass is 316 g/mol. The lowest BCUT2D eigenvalue weighted by molar-refractivity contribution is -0.123. The first-order chi connectivity index (χ1) is 10.6. The Morgan fingerprint density at radius 3 is 2.32 bits per heavy atom. The van der Waals surface area contributed by atoms with Crippen LogP contribution in [0.4, 0.5) is 0 Å². The molecule has 0 bridgehead atoms. The number of aliphatic hydroxyl groups excluding tert-OH is 3. The van der Waals surface area contributed by atoms with E-state index in [4.69, 9.17) is 0 Å². The summed E-state index contributed by atoms with van der Waals surface area (Å²) in [6.45, 7) is 5.21. The molecule has 0 radical (unpaired) electrons. The summed E-state index contributed by atoms with van der Waals surface area (Å²) in [7, 11) is 0. The van der Waals surface area contributed by atoms with Crippen molar-refractivity contribution in [3.63, 3.8) is 0 Å². The van der Waals surface area contributed by atoms with Crippen LogP contribution in [-0.4, -0.2) is 70.1 Å². The van der Waals surface area contributed by atoms with Gasteiger partial charge in [-0.1, -0.05) is 33.1 Å². The molecule has 0 aromatic heterocycles. The van der Waals surface area contributed by atoms with Crippen LogP contribution in [0.15, 0.2) is 0 Å². The molecular weight excluding hydrogens is 284 g/mol. The molecule has 1 aliphatic rings. The minimum absolute atomic E-state index is 0.116. The van der Waals surface area contributed by atoms with Crippen LogP contribution in [0.5, 0.6) is 0 Å². The number of nitrogens with one attached hydrogen (secondary N) is 1. The highest BCUT2D eigenvalue weighted by Crippen LogP contribution is 2.28. The van der Waals surface area contributed by atoms with Gasteiger partial charge in [-0.2, -0.15) is 0 Å². The van der Waals surface area contributed by atoms with Crippen LogP contribution in [0, 0.1) is 0 Å². The van der Waals surface area contributed by atoms with Crippen LogP contribution < -0.4 is 5.32 Å². The number of unbranched alkanes of at least 4 members (excludes halogenated alkanes) is 3. The van der Waals surface area contributed by atoms with Gasteiger partial charge in [0.05, 0.1) is 24.9 Å². The molecule has 4 N–H and O–H groups in total. The molecule has 0 aromatic carbocycles. The molecule has 4 atom stereocenters. The van der Waals surface area contributed by atoms with Crippen LogP contribution in [-0.2, 0) is 4.79 Å². The lowest BCUT2D eigenvalue weighted by Gasteiger charge is -2.29. The van der Waals surface area contributed by atoms with Crippen LogP contribution in [0.2, 0.25) is 0 Å². The van der Waals surface area contributed by atoms with Crippen LogP contribution in [0.1, 0.15) is 52.4 Å². The van der Waals surface area contributed by atoms with Gasteiger partial charge in [-0.15, -0.1) is 0 Å². The van der Waals surface area contributed by atoms with Gasteiger partial charge in [-0.3, -0.25) is 9.69 Å². The van der Waals surface area contributed by atoms with E-state index in [1.54, 1.807) is 0 Å². The highest BCUT2D eigenvalue weighted by molar-refractivity contribution is 5.76. The molecule has 0 spiro atoms. The van der Waals surface area contributed by atoms with Crippen molar-refractivity contribution in [1.82, 2.24) is 10.2 Å². The van der Waals surface area contributed by atoms with Crippen LogP contribution in [0.25, 0.3) is 0 Å². The molecule has 0 unspecified atom stereocenters. The van der Waals surface area contributed by atoms with Crippen molar-refractivity contribution in [2.24, 2.45) is 0 Å². The smallest absolute Gasteiger partial charge is 0.221 e. The second-order valence-electron chi connectivity index (χ2n) is 6.15. The van der Waals surface area contributed by atoms with Gasteiger partial charge in [0.15, 0.2) is 0 Å². The second kappa shape index (κ2) is 10.2. The van der Waals surface area contributed by atoms with Crippen molar-refractivity contribution in [3.8, 4) is 0 Å². The largest absolute Gasteiger partial charge is 0.395 e. The van der Waals surface area contributed by atoms with E-state index in [0.717, 1.165) is 32.1 Å². The number of carbonyl (C=O) groups is 1. The van der Waals surface area contributed by atoms with Gasteiger partial charge < -0.3 is 20.6 Å². The van der Waals surface area contributed by atoms with Crippen molar-refractivity contribution in [3.05, 3.63) is 0 Å². The van der Waals surface area contributed by atoms with Gasteiger partial charge in [0, 0.05) is 19.0 Å². The zero-order valence-corrected chi connectivity index (χ0v) is 13.9. The van der Waals surface area contributed by atoms with Crippen LogP contribution in [0.3, 0.4) is 0 Å². The predicted octanol–water partition coefficient (Wildman–Crippen LogP) is 0.250. The first-order valence-electron chi connectivity index (χ1n) is 8.56. The SMILES string of the molecule is CCCCCCN1[C@H](CO)[C@@H](O)[C@H](O)[C@H]1CC(=O)NCCC. The molecule has 22 heavy (non-hydrogen) atoms. The maximum Gasteiger partial charge on any atom is 0.221 e. The first-order valence-corrected chi connectivity index (χ1v) is 8.56. The molecule has 1 aliphatic heterocycles. The summed E-state index contributed by atoms with van der Waals surface area (Å²) >= 11 is 0. The molecular formula is C16H32N2O4. The molecule has 1 amide bonds. The molecule has 1 rings (SSSR count). The molecule has 1 saturated heterocycles. The predicted molar refractivity (Wildman–Crippen MR) is 85.4 cm³/mol. The Kier molecular flexibility index (Phi) is 8.93. The minimum Gasteiger partial charge on any atom is -0.395 e. The number of hydrogen-bond acceptors (Lipinski definition) is 5. The normalized spacial score (nSPS) is 29.0. The van der Waals surface area contributed by atoms with E-state index < -0.39 is 24.3 Å². The zero-order valence-electron chi connectivity index (χ0n) is 13.9. The fourth-order valence-corrected chi connectivity index (χ4v) is 3.12. The third-order valence-corrected chi connectivity index (χ3v) is 4.41. The summed E-state index contributed by atoms with van der Waals surface area (Å²) in [5.41, 5.74) is 0. The van der Waals surface area contributed by atoms with Gasteiger partial charge in [-0.05, 0) is 19.4 Å². The molecule has 6 nitrogen and oxygen atoms in total. The maximum atomic E-state index is 11.9. The summed E-state index contributed by atoms with van der Waals surface area (Å²) < 4.78 is 0. The molecule has 0 aromatic rings. The first kappa shape index (κ1) is 19.4. The van der Waals surface area contributed by atoms with Crippen molar-refractivity contribution >= 4 is 5.91 Å². The molecule has 6 heteroatoms. The van der Waals surface area contributed by atoms with Crippen molar-refractivity contribution in [2.75, 3.05) is 19.7 Å². The highest BCUT2D eigenvalue weighted by Gasteiger charge is 2.47. The number of amides is 1. The number of rotatable bonds is 10. The third kappa shape index (κ3) is 5.19. The Labute approximate surface area is 133 Å². The summed E-state index contributed by atoms with van der Waals surface area (Å²) in [6.07, 6.45) is 3.32. The number of aliphatic hydroxyl groups is 3. The number of nitrogens with zero attached hydrogens (tertiary/aromatic N) is 1. The fourth-order valence-electron chi connectivity index (χ4n) is 3.12. The highest BCUT2D eigenvalue weighted by atomic mass is 16.3. The molecule has 1 fully saturated rings. The van der Waals surface area contributed by atoms with E-state index in [1.165, 1.54) is 0 Å². The van der Waals surface area contributed by atoms with E-state index in [0.29, 0.717) is 13.1 Å². The lowest BCUT2D eigenvalue weighted by Crippen LogP contribution is -2.44. The Morgan fingerprint density at radius 1 is 1.05 bits per heavy atom. The topological polar surface area (TPSA) is 93.0 Å². The summed E-state index contributed by atoms with van der Waals surface area (Å²) in [5.74, 6) is -0.116. The fraction of sp³-hybridized carbons (Fsp3) is 0.938. The van der Waals surface area contributed by atoms with Gasteiger partial charge in [-0.25, -0.2) is 0 Å². The van der Waals surface area contributed by atoms with Gasteiger partial charge in [0.1, 0.15) is 0 Å². The third-order valence-electron chi connectivity index (χ3n) is 4.41. The summed E-state index contributed by atoms with van der Waals surface area (Å²) in [4.78, 5) is 13.8. The van der Waals surface area contributed by atoms with Crippen molar-refractivity contribution < 1.29 is 20.1 Å². The average Bonchev–Trinajstić information content (AvgIpc) is 2.73. The molecule has 0 aliphatic carbocycles. The van der Waals surface area contributed by atoms with E-state index in [9.17, 15) is 20.1 Å². The van der Waals surface area contributed by atoms with Crippen molar-refractivity contribution in [2.45, 2.75) is 76.7 Å². The van der Waals surface area contributed by atoms with E-state index in [-0.39, 0.29) is 18.9 Å². The zero-order chi connectivity index (χ0) is 16.5. The van der Waals surface area contributed by atoms with Gasteiger partial charge in [0.2, 0.25) is 5.91 Å². The van der Waals surface area contributed by atoms with Gasteiger partial charge >= 0.3 is 0 Å². The quantitative estimate of drug-likeness (QED) is 0.434. The summed E-state index contributed by atoms with van der Waals surface area (Å²) in [5, 5.41) is 32.6. The number of hydrogen-bond donors (Lipinski definition) is 4. The number of carbonyl (C=O) groups excluding carboxylic acids is 1. The number of likely N-dealkylation sites (tertiary alicyclic amines) is 1.